The topological polar surface area (TPSA) is 29.5 Å². The Bertz CT molecular complexity index is 263. The zero-order valence-corrected chi connectivity index (χ0v) is 10.1. The largest absolute Gasteiger partial charge is 0.444 e. The molecule has 1 saturated heterocycles. The highest BCUT2D eigenvalue weighted by atomic mass is 16.6. The lowest BCUT2D eigenvalue weighted by molar-refractivity contribution is -0.00486. The Morgan fingerprint density at radius 2 is 1.87 bits per heavy atom. The van der Waals surface area contributed by atoms with E-state index in [1.165, 1.54) is 6.42 Å². The van der Waals surface area contributed by atoms with Crippen LogP contribution in [0.25, 0.3) is 0 Å². The molecule has 0 radical (unpaired) electrons. The van der Waals surface area contributed by atoms with Gasteiger partial charge in [-0.25, -0.2) is 4.79 Å². The number of ether oxygens (including phenoxy) is 1. The van der Waals surface area contributed by atoms with Gasteiger partial charge in [0, 0.05) is 13.1 Å². The lowest BCUT2D eigenvalue weighted by atomic mass is 9.94. The zero-order valence-electron chi connectivity index (χ0n) is 10.1. The fourth-order valence-corrected chi connectivity index (χ4v) is 2.27. The number of carbonyl (C=O) groups is 1. The first-order valence-electron chi connectivity index (χ1n) is 5.85. The van der Waals surface area contributed by atoms with Gasteiger partial charge in [0.05, 0.1) is 0 Å². The Morgan fingerprint density at radius 3 is 2.27 bits per heavy atom. The lowest BCUT2D eigenvalue weighted by Crippen LogP contribution is -2.52. The number of likely N-dealkylation sites (tertiary alicyclic amines) is 1. The molecule has 2 fully saturated rings. The zero-order chi connectivity index (χ0) is 11.2. The van der Waals surface area contributed by atoms with Gasteiger partial charge in [0.15, 0.2) is 0 Å². The monoisotopic (exact) mass is 211 g/mol. The highest BCUT2D eigenvalue weighted by molar-refractivity contribution is 5.69. The number of nitrogens with zero attached hydrogens (tertiary/aromatic N) is 1. The second-order valence-corrected chi connectivity index (χ2v) is 6.02. The van der Waals surface area contributed by atoms with Gasteiger partial charge in [-0.05, 0) is 44.9 Å². The number of carbonyl (C=O) groups excluding carboxylic acids is 1. The molecule has 0 aromatic rings. The summed E-state index contributed by atoms with van der Waals surface area (Å²) in [6.45, 7) is 9.83. The van der Waals surface area contributed by atoms with Crippen molar-refractivity contribution in [3.05, 3.63) is 0 Å². The van der Waals surface area contributed by atoms with E-state index in [4.69, 9.17) is 4.74 Å². The summed E-state index contributed by atoms with van der Waals surface area (Å²) in [4.78, 5) is 13.4. The third kappa shape index (κ3) is 2.44. The van der Waals surface area contributed by atoms with E-state index < -0.39 is 0 Å². The standard InChI is InChI=1S/C12H21NO2/c1-8-5-10(8)9-6-13(7-9)11(14)15-12(2,3)4/h8-10H,5-7H2,1-4H3. The Kier molecular flexibility index (Phi) is 2.44. The van der Waals surface area contributed by atoms with E-state index in [2.05, 4.69) is 6.92 Å². The summed E-state index contributed by atoms with van der Waals surface area (Å²) < 4.78 is 5.30. The van der Waals surface area contributed by atoms with E-state index in [0.717, 1.165) is 30.8 Å². The van der Waals surface area contributed by atoms with Gasteiger partial charge in [0.2, 0.25) is 0 Å². The SMILES string of the molecule is CC1CC1C1CN(C(=O)OC(C)(C)C)C1. The molecule has 0 N–H and O–H groups in total. The van der Waals surface area contributed by atoms with Crippen LogP contribution in [0.2, 0.25) is 0 Å². The first-order valence-corrected chi connectivity index (χ1v) is 5.85. The molecule has 15 heavy (non-hydrogen) atoms. The molecule has 0 spiro atoms. The Hall–Kier alpha value is -0.730. The van der Waals surface area contributed by atoms with Gasteiger partial charge in [-0.1, -0.05) is 6.92 Å². The van der Waals surface area contributed by atoms with Crippen molar-refractivity contribution in [2.45, 2.75) is 39.7 Å². The van der Waals surface area contributed by atoms with E-state index in [-0.39, 0.29) is 11.7 Å². The predicted octanol–water partition coefficient (Wildman–Crippen LogP) is 2.51. The molecule has 1 heterocycles. The maximum Gasteiger partial charge on any atom is 0.410 e. The molecule has 2 unspecified atom stereocenters. The number of amides is 1. The van der Waals surface area contributed by atoms with Gasteiger partial charge in [0.25, 0.3) is 0 Å². The lowest BCUT2D eigenvalue weighted by Gasteiger charge is -2.40. The summed E-state index contributed by atoms with van der Waals surface area (Å²) in [5.74, 6) is 2.51. The van der Waals surface area contributed by atoms with Gasteiger partial charge in [-0.3, -0.25) is 0 Å². The molecule has 86 valence electrons. The summed E-state index contributed by atoms with van der Waals surface area (Å²) in [7, 11) is 0. The fourth-order valence-electron chi connectivity index (χ4n) is 2.27. The first-order chi connectivity index (χ1) is 6.87. The normalized spacial score (nSPS) is 31.1. The summed E-state index contributed by atoms with van der Waals surface area (Å²) in [5.41, 5.74) is -0.366. The summed E-state index contributed by atoms with van der Waals surface area (Å²) >= 11 is 0. The molecule has 0 aromatic heterocycles. The van der Waals surface area contributed by atoms with E-state index in [1.54, 1.807) is 0 Å². The minimum atomic E-state index is -0.366. The quantitative estimate of drug-likeness (QED) is 0.667. The van der Waals surface area contributed by atoms with Crippen LogP contribution in [0.4, 0.5) is 4.79 Å². The van der Waals surface area contributed by atoms with Crippen LogP contribution in [0, 0.1) is 17.8 Å². The minimum Gasteiger partial charge on any atom is -0.444 e. The Labute approximate surface area is 91.8 Å². The maximum atomic E-state index is 11.6. The first kappa shape index (κ1) is 10.8. The van der Waals surface area contributed by atoms with Crippen molar-refractivity contribution in [3.8, 4) is 0 Å². The molecular weight excluding hydrogens is 190 g/mol. The van der Waals surface area contributed by atoms with E-state index in [0.29, 0.717) is 0 Å². The average Bonchev–Trinajstić information content (AvgIpc) is 2.58. The van der Waals surface area contributed by atoms with Crippen LogP contribution >= 0.6 is 0 Å². The van der Waals surface area contributed by atoms with Crippen molar-refractivity contribution in [1.82, 2.24) is 4.90 Å². The van der Waals surface area contributed by atoms with Gasteiger partial charge in [-0.15, -0.1) is 0 Å². The van der Waals surface area contributed by atoms with E-state index in [1.807, 2.05) is 25.7 Å². The Balaban J connectivity index is 1.72. The van der Waals surface area contributed by atoms with Crippen LogP contribution in [0.3, 0.4) is 0 Å². The molecule has 1 amide bonds. The molecule has 1 saturated carbocycles. The van der Waals surface area contributed by atoms with Crippen LogP contribution in [0.1, 0.15) is 34.1 Å². The predicted molar refractivity (Wildman–Crippen MR) is 58.6 cm³/mol. The molecular formula is C12H21NO2. The summed E-state index contributed by atoms with van der Waals surface area (Å²) in [6.07, 6.45) is 1.21. The van der Waals surface area contributed by atoms with Crippen molar-refractivity contribution in [1.29, 1.82) is 0 Å². The van der Waals surface area contributed by atoms with Crippen molar-refractivity contribution >= 4 is 6.09 Å². The Morgan fingerprint density at radius 1 is 1.33 bits per heavy atom. The minimum absolute atomic E-state index is 0.146. The molecule has 0 bridgehead atoms. The van der Waals surface area contributed by atoms with Gasteiger partial charge < -0.3 is 9.64 Å². The summed E-state index contributed by atoms with van der Waals surface area (Å²) in [5, 5.41) is 0. The molecule has 2 aliphatic rings. The highest BCUT2D eigenvalue weighted by Gasteiger charge is 2.46. The molecule has 2 atom stereocenters. The number of hydrogen-bond acceptors (Lipinski definition) is 2. The van der Waals surface area contributed by atoms with Crippen molar-refractivity contribution in [2.24, 2.45) is 17.8 Å². The third-order valence-electron chi connectivity index (χ3n) is 3.34. The fraction of sp³-hybridized carbons (Fsp3) is 0.917. The van der Waals surface area contributed by atoms with Gasteiger partial charge >= 0.3 is 6.09 Å². The molecule has 2 rings (SSSR count). The van der Waals surface area contributed by atoms with Crippen LogP contribution < -0.4 is 0 Å². The smallest absolute Gasteiger partial charge is 0.410 e. The molecule has 0 aromatic carbocycles. The maximum absolute atomic E-state index is 11.6. The van der Waals surface area contributed by atoms with Crippen LogP contribution in [-0.2, 0) is 4.74 Å². The molecule has 3 heteroatoms. The van der Waals surface area contributed by atoms with E-state index >= 15 is 0 Å². The number of rotatable bonds is 1. The van der Waals surface area contributed by atoms with Gasteiger partial charge in [-0.2, -0.15) is 0 Å². The summed E-state index contributed by atoms with van der Waals surface area (Å²) in [6, 6.07) is 0. The van der Waals surface area contributed by atoms with Crippen molar-refractivity contribution < 1.29 is 9.53 Å². The third-order valence-corrected chi connectivity index (χ3v) is 3.34. The molecule has 1 aliphatic carbocycles. The highest BCUT2D eigenvalue weighted by Crippen LogP contribution is 2.47. The number of hydrogen-bond donors (Lipinski definition) is 0. The van der Waals surface area contributed by atoms with Crippen LogP contribution in [0.15, 0.2) is 0 Å². The second kappa shape index (κ2) is 3.39. The average molecular weight is 211 g/mol. The van der Waals surface area contributed by atoms with E-state index in [9.17, 15) is 4.79 Å². The molecule has 3 nitrogen and oxygen atoms in total. The van der Waals surface area contributed by atoms with Crippen molar-refractivity contribution in [3.63, 3.8) is 0 Å². The van der Waals surface area contributed by atoms with Crippen molar-refractivity contribution in [2.75, 3.05) is 13.1 Å². The second-order valence-electron chi connectivity index (χ2n) is 6.02. The van der Waals surface area contributed by atoms with Crippen LogP contribution in [0.5, 0.6) is 0 Å². The van der Waals surface area contributed by atoms with Crippen LogP contribution in [-0.4, -0.2) is 29.7 Å². The van der Waals surface area contributed by atoms with Gasteiger partial charge in [0.1, 0.15) is 5.60 Å². The molecule has 1 aliphatic heterocycles.